The number of benzene rings is 4. The summed E-state index contributed by atoms with van der Waals surface area (Å²) in [5, 5.41) is 82.0. The normalized spacial score (nSPS) is 23.4. The number of aliphatic carboxylic acids is 1. The quantitative estimate of drug-likeness (QED) is 0.0721. The molecule has 3 aliphatic rings. The second-order valence-corrected chi connectivity index (χ2v) is 13.4. The molecule has 2 aliphatic heterocycles. The van der Waals surface area contributed by atoms with E-state index in [1.165, 1.54) is 42.5 Å². The van der Waals surface area contributed by atoms with Crippen LogP contribution in [-0.4, -0.2) is 87.8 Å². The number of carboxylic acid groups (broad SMARTS) is 1. The van der Waals surface area contributed by atoms with Gasteiger partial charge >= 0.3 is 29.5 Å². The Morgan fingerprint density at radius 1 is 0.690 bits per heavy atom. The number of aromatic hydroxyl groups is 6. The van der Waals surface area contributed by atoms with Gasteiger partial charge in [-0.2, -0.15) is 0 Å². The molecular weight excluding hydrogens is 768 g/mol. The maximum absolute atomic E-state index is 13.9. The second kappa shape index (κ2) is 14.1. The van der Waals surface area contributed by atoms with Crippen molar-refractivity contribution in [3.63, 3.8) is 0 Å². The van der Waals surface area contributed by atoms with Crippen LogP contribution in [-0.2, 0) is 34.4 Å². The number of carbonyl (C=O) groups is 5. The molecule has 0 bridgehead atoms. The molecule has 3 unspecified atom stereocenters. The summed E-state index contributed by atoms with van der Waals surface area (Å²) < 4.78 is 28.5. The molecule has 8 N–H and O–H groups in total. The minimum absolute atomic E-state index is 0.198. The lowest BCUT2D eigenvalue weighted by Gasteiger charge is -2.50. The zero-order valence-corrected chi connectivity index (χ0v) is 29.5. The predicted molar refractivity (Wildman–Crippen MR) is 192 cm³/mol. The Balaban J connectivity index is 1.11. The van der Waals surface area contributed by atoms with Gasteiger partial charge in [0.05, 0.1) is 0 Å². The molecule has 1 fully saturated rings. The van der Waals surface area contributed by atoms with Gasteiger partial charge in [-0.15, -0.1) is 0 Å². The minimum atomic E-state index is -3.09. The van der Waals surface area contributed by atoms with Crippen molar-refractivity contribution in [3.05, 3.63) is 101 Å². The van der Waals surface area contributed by atoms with Crippen LogP contribution in [0.5, 0.6) is 51.7 Å². The van der Waals surface area contributed by atoms with Crippen molar-refractivity contribution >= 4 is 41.6 Å². The molecule has 4 aromatic rings. The number of rotatable bonds is 8. The second-order valence-electron chi connectivity index (χ2n) is 13.4. The van der Waals surface area contributed by atoms with Crippen molar-refractivity contribution in [2.24, 2.45) is 0 Å². The summed E-state index contributed by atoms with van der Waals surface area (Å²) in [6.07, 6.45) is 1.01. The van der Waals surface area contributed by atoms with Crippen LogP contribution in [0.2, 0.25) is 0 Å². The van der Waals surface area contributed by atoms with Crippen LogP contribution < -0.4 is 14.2 Å². The standard InChI is InChI=1S/C40H30O18/c41-22-16-28(47)35-31(17-22)57-40(21-5-7-24(43)27(46)15-21)39(53,36(35)50)55-29-8-2-20(14-30(29)56-40)3-9-33(48)54-32-18-38(37(51)52,12-11-25(32)44)58-34(49)10-4-19-1-6-23(42)26(45)13-19/h1-10,13-17,32,41-43,45-47,53H,11-12,18H2,(H,51,52)/b9-3+,10-4+/t32-,38?,39?,40?/m1/s1. The number of Topliss-reactive ketones (excluding diaryl/α,β-unsaturated/α-hetero) is 2. The zero-order valence-electron chi connectivity index (χ0n) is 29.5. The van der Waals surface area contributed by atoms with E-state index in [1.807, 2.05) is 0 Å². The molecule has 0 aromatic heterocycles. The highest BCUT2D eigenvalue weighted by Crippen LogP contribution is 2.55. The first-order valence-corrected chi connectivity index (χ1v) is 17.1. The van der Waals surface area contributed by atoms with E-state index in [9.17, 15) is 64.8 Å². The van der Waals surface area contributed by atoms with E-state index in [1.54, 1.807) is 0 Å². The van der Waals surface area contributed by atoms with E-state index in [2.05, 4.69) is 0 Å². The number of phenols is 6. The van der Waals surface area contributed by atoms with Crippen molar-refractivity contribution < 1.29 is 88.5 Å². The van der Waals surface area contributed by atoms with Gasteiger partial charge in [0, 0.05) is 49.1 Å². The van der Waals surface area contributed by atoms with Gasteiger partial charge in [-0.05, 0) is 65.7 Å². The topological polar surface area (TPSA) is 293 Å². The lowest BCUT2D eigenvalue weighted by atomic mass is 9.82. The molecule has 0 radical (unpaired) electrons. The number of ketones is 2. The minimum Gasteiger partial charge on any atom is -0.508 e. The molecule has 0 amide bonds. The average molecular weight is 799 g/mol. The number of ether oxygens (including phenoxy) is 5. The van der Waals surface area contributed by atoms with Crippen LogP contribution >= 0.6 is 0 Å². The van der Waals surface area contributed by atoms with E-state index >= 15 is 0 Å². The molecule has 0 saturated heterocycles. The third kappa shape index (κ3) is 6.66. The van der Waals surface area contributed by atoms with Crippen molar-refractivity contribution in [3.8, 4) is 51.7 Å². The summed E-state index contributed by atoms with van der Waals surface area (Å²) >= 11 is 0. The summed E-state index contributed by atoms with van der Waals surface area (Å²) in [7, 11) is 0. The molecule has 0 spiro atoms. The van der Waals surface area contributed by atoms with E-state index in [0.29, 0.717) is 0 Å². The van der Waals surface area contributed by atoms with Gasteiger partial charge in [-0.25, -0.2) is 14.4 Å². The lowest BCUT2D eigenvalue weighted by molar-refractivity contribution is -0.316. The number of esters is 2. The van der Waals surface area contributed by atoms with Crippen LogP contribution in [0.4, 0.5) is 0 Å². The highest BCUT2D eigenvalue weighted by molar-refractivity contribution is 6.08. The number of hydrogen-bond donors (Lipinski definition) is 8. The van der Waals surface area contributed by atoms with Crippen LogP contribution in [0.25, 0.3) is 12.2 Å². The maximum Gasteiger partial charge on any atom is 0.357 e. The lowest BCUT2D eigenvalue weighted by Crippen LogP contribution is -2.70. The molecule has 18 nitrogen and oxygen atoms in total. The van der Waals surface area contributed by atoms with Crippen LogP contribution in [0.3, 0.4) is 0 Å². The number of carbonyl (C=O) groups excluding carboxylic acids is 4. The SMILES string of the molecule is O=C(/C=C/c1ccc2c(c1)OC1(c3ccc(O)c(O)c3)Oc3cc(O)cc(O)c3C(=O)C1(O)O2)O[C@@H]1CC(OC(=O)/C=C/c2ccc(O)c(O)c2)(C(=O)O)CCC1=O. The number of phenolic OH excluding ortho intramolecular Hbond substituents is 6. The van der Waals surface area contributed by atoms with Crippen molar-refractivity contribution in [2.45, 2.75) is 42.5 Å². The predicted octanol–water partition coefficient (Wildman–Crippen LogP) is 3.27. The Morgan fingerprint density at radius 3 is 2.02 bits per heavy atom. The highest BCUT2D eigenvalue weighted by Gasteiger charge is 2.71. The van der Waals surface area contributed by atoms with Crippen LogP contribution in [0.15, 0.2) is 78.9 Å². The summed E-state index contributed by atoms with van der Waals surface area (Å²) in [6.45, 7) is 0. The molecule has 4 aromatic carbocycles. The fraction of sp³-hybridized carbons (Fsp3) is 0.175. The Bertz CT molecular complexity index is 2490. The molecule has 298 valence electrons. The van der Waals surface area contributed by atoms with Gasteiger partial charge in [-0.1, -0.05) is 12.1 Å². The molecule has 2 heterocycles. The van der Waals surface area contributed by atoms with Crippen molar-refractivity contribution in [1.29, 1.82) is 0 Å². The third-order valence-corrected chi connectivity index (χ3v) is 9.55. The fourth-order valence-electron chi connectivity index (χ4n) is 6.61. The van der Waals surface area contributed by atoms with E-state index < -0.39 is 118 Å². The van der Waals surface area contributed by atoms with Gasteiger partial charge in [0.15, 0.2) is 46.4 Å². The van der Waals surface area contributed by atoms with E-state index in [-0.39, 0.29) is 28.2 Å². The molecule has 7 rings (SSSR count). The van der Waals surface area contributed by atoms with Gasteiger partial charge in [-0.3, -0.25) is 9.59 Å². The molecular formula is C40H30O18. The molecule has 4 atom stereocenters. The summed E-state index contributed by atoms with van der Waals surface area (Å²) in [5.74, 6) is -15.8. The Morgan fingerprint density at radius 2 is 1.33 bits per heavy atom. The molecule has 1 aliphatic carbocycles. The molecule has 58 heavy (non-hydrogen) atoms. The summed E-state index contributed by atoms with van der Waals surface area (Å²) in [5.41, 5.74) is -2.61. The monoisotopic (exact) mass is 798 g/mol. The smallest absolute Gasteiger partial charge is 0.357 e. The largest absolute Gasteiger partial charge is 0.508 e. The first-order chi connectivity index (χ1) is 27.4. The number of aliphatic hydroxyl groups is 1. The van der Waals surface area contributed by atoms with Gasteiger partial charge in [0.1, 0.15) is 22.8 Å². The van der Waals surface area contributed by atoms with Crippen molar-refractivity contribution in [2.75, 3.05) is 0 Å². The first-order valence-electron chi connectivity index (χ1n) is 17.1. The van der Waals surface area contributed by atoms with Crippen LogP contribution in [0.1, 0.15) is 46.3 Å². The molecule has 1 saturated carbocycles. The molecule has 18 heteroatoms. The Hall–Kier alpha value is -7.73. The van der Waals surface area contributed by atoms with E-state index in [0.717, 1.165) is 48.6 Å². The van der Waals surface area contributed by atoms with Gasteiger partial charge < -0.3 is 64.5 Å². The van der Waals surface area contributed by atoms with Crippen LogP contribution in [0, 0.1) is 0 Å². The highest BCUT2D eigenvalue weighted by atomic mass is 16.8. The number of hydrogen-bond acceptors (Lipinski definition) is 17. The summed E-state index contributed by atoms with van der Waals surface area (Å²) in [4.78, 5) is 64.6. The van der Waals surface area contributed by atoms with Gasteiger partial charge in [0.25, 0.3) is 5.78 Å². The van der Waals surface area contributed by atoms with E-state index in [4.69, 9.17) is 23.7 Å². The maximum atomic E-state index is 13.9. The summed E-state index contributed by atoms with van der Waals surface area (Å²) in [6, 6.07) is 12.4. The number of carboxylic acids is 1. The Labute approximate surface area is 325 Å². The fourth-order valence-corrected chi connectivity index (χ4v) is 6.61. The van der Waals surface area contributed by atoms with Gasteiger partial charge in [0.2, 0.25) is 5.60 Å². The van der Waals surface area contributed by atoms with Crippen molar-refractivity contribution in [1.82, 2.24) is 0 Å². The Kier molecular flexibility index (Phi) is 9.36. The zero-order chi connectivity index (χ0) is 41.7. The average Bonchev–Trinajstić information content (AvgIpc) is 3.16. The number of fused-ring (bicyclic) bond motifs is 3. The first kappa shape index (κ1) is 38.5. The third-order valence-electron chi connectivity index (χ3n) is 9.55.